The maximum Gasteiger partial charge on any atom is 0.148 e. The van der Waals surface area contributed by atoms with Crippen LogP contribution in [0.15, 0.2) is 0 Å². The Kier molecular flexibility index (Phi) is 3.19. The van der Waals surface area contributed by atoms with E-state index in [1.165, 1.54) is 25.8 Å². The SMILES string of the molecule is CN1CCCCC1CN1CCC(=O)C1. The molecule has 0 aromatic heterocycles. The molecule has 2 fully saturated rings. The highest BCUT2D eigenvalue weighted by molar-refractivity contribution is 5.82. The first-order valence-electron chi connectivity index (χ1n) is 5.70. The lowest BCUT2D eigenvalue weighted by atomic mass is 10.0. The van der Waals surface area contributed by atoms with E-state index < -0.39 is 0 Å². The van der Waals surface area contributed by atoms with Gasteiger partial charge in [0, 0.05) is 25.6 Å². The molecular formula is C11H20N2O. The summed E-state index contributed by atoms with van der Waals surface area (Å²) in [5.41, 5.74) is 0. The Hall–Kier alpha value is -0.410. The number of carbonyl (C=O) groups is 1. The molecule has 0 spiro atoms. The monoisotopic (exact) mass is 196 g/mol. The van der Waals surface area contributed by atoms with Crippen LogP contribution in [0.4, 0.5) is 0 Å². The van der Waals surface area contributed by atoms with Gasteiger partial charge in [0.15, 0.2) is 0 Å². The molecule has 14 heavy (non-hydrogen) atoms. The van der Waals surface area contributed by atoms with Gasteiger partial charge in [-0.1, -0.05) is 6.42 Å². The Balaban J connectivity index is 1.81. The lowest BCUT2D eigenvalue weighted by Crippen LogP contribution is -2.44. The molecule has 2 rings (SSSR count). The zero-order chi connectivity index (χ0) is 9.97. The average Bonchev–Trinajstić information content (AvgIpc) is 2.56. The van der Waals surface area contributed by atoms with Crippen LogP contribution in [-0.4, -0.2) is 54.9 Å². The van der Waals surface area contributed by atoms with Gasteiger partial charge in [-0.05, 0) is 26.4 Å². The van der Waals surface area contributed by atoms with Gasteiger partial charge in [-0.2, -0.15) is 0 Å². The molecule has 0 radical (unpaired) electrons. The van der Waals surface area contributed by atoms with Crippen molar-refractivity contribution in [2.24, 2.45) is 0 Å². The van der Waals surface area contributed by atoms with Crippen molar-refractivity contribution in [3.63, 3.8) is 0 Å². The van der Waals surface area contributed by atoms with Crippen molar-refractivity contribution in [1.29, 1.82) is 0 Å². The van der Waals surface area contributed by atoms with Crippen LogP contribution in [0.5, 0.6) is 0 Å². The summed E-state index contributed by atoms with van der Waals surface area (Å²) in [5, 5.41) is 0. The summed E-state index contributed by atoms with van der Waals surface area (Å²) in [5.74, 6) is 0.420. The van der Waals surface area contributed by atoms with Crippen LogP contribution in [0.3, 0.4) is 0 Å². The van der Waals surface area contributed by atoms with Gasteiger partial charge in [-0.15, -0.1) is 0 Å². The second-order valence-corrected chi connectivity index (χ2v) is 4.65. The van der Waals surface area contributed by atoms with Gasteiger partial charge in [0.25, 0.3) is 0 Å². The average molecular weight is 196 g/mol. The molecule has 0 saturated carbocycles. The van der Waals surface area contributed by atoms with Crippen LogP contribution < -0.4 is 0 Å². The highest BCUT2D eigenvalue weighted by atomic mass is 16.1. The molecule has 3 heteroatoms. The second-order valence-electron chi connectivity index (χ2n) is 4.65. The topological polar surface area (TPSA) is 23.6 Å². The summed E-state index contributed by atoms with van der Waals surface area (Å²) >= 11 is 0. The minimum atomic E-state index is 0.420. The summed E-state index contributed by atoms with van der Waals surface area (Å²) in [6.45, 7) is 4.02. The molecule has 0 aromatic rings. The molecule has 0 N–H and O–H groups in total. The number of Topliss-reactive ketones (excluding diaryl/α,β-unsaturated/α-hetero) is 1. The van der Waals surface area contributed by atoms with Gasteiger partial charge >= 0.3 is 0 Å². The Morgan fingerprint density at radius 2 is 2.21 bits per heavy atom. The maximum absolute atomic E-state index is 11.1. The predicted molar refractivity (Wildman–Crippen MR) is 56.3 cm³/mol. The highest BCUT2D eigenvalue weighted by Gasteiger charge is 2.25. The van der Waals surface area contributed by atoms with Crippen LogP contribution in [0.25, 0.3) is 0 Å². The van der Waals surface area contributed by atoms with E-state index in [4.69, 9.17) is 0 Å². The molecule has 0 amide bonds. The molecule has 80 valence electrons. The molecule has 2 aliphatic heterocycles. The Morgan fingerprint density at radius 1 is 1.36 bits per heavy atom. The molecular weight excluding hydrogens is 176 g/mol. The van der Waals surface area contributed by atoms with Crippen LogP contribution in [-0.2, 0) is 4.79 Å². The first kappa shape index (κ1) is 10.1. The number of likely N-dealkylation sites (tertiary alicyclic amines) is 2. The van der Waals surface area contributed by atoms with Gasteiger partial charge in [-0.25, -0.2) is 0 Å². The number of hydrogen-bond donors (Lipinski definition) is 0. The summed E-state index contributed by atoms with van der Waals surface area (Å²) in [6, 6.07) is 0.689. The van der Waals surface area contributed by atoms with Crippen molar-refractivity contribution in [2.45, 2.75) is 31.7 Å². The summed E-state index contributed by atoms with van der Waals surface area (Å²) in [6.07, 6.45) is 4.78. The van der Waals surface area contributed by atoms with E-state index in [-0.39, 0.29) is 0 Å². The van der Waals surface area contributed by atoms with Gasteiger partial charge < -0.3 is 4.90 Å². The molecule has 2 aliphatic rings. The fourth-order valence-electron chi connectivity index (χ4n) is 2.52. The molecule has 2 saturated heterocycles. The van der Waals surface area contributed by atoms with Crippen molar-refractivity contribution in [3.05, 3.63) is 0 Å². The van der Waals surface area contributed by atoms with E-state index in [2.05, 4.69) is 16.8 Å². The summed E-state index contributed by atoms with van der Waals surface area (Å²) in [4.78, 5) is 15.9. The number of hydrogen-bond acceptors (Lipinski definition) is 3. The molecule has 0 aromatic carbocycles. The van der Waals surface area contributed by atoms with E-state index in [0.717, 1.165) is 19.5 Å². The van der Waals surface area contributed by atoms with Crippen LogP contribution in [0.1, 0.15) is 25.7 Å². The van der Waals surface area contributed by atoms with E-state index in [1.54, 1.807) is 0 Å². The van der Waals surface area contributed by atoms with Gasteiger partial charge in [0.05, 0.1) is 6.54 Å². The number of likely N-dealkylation sites (N-methyl/N-ethyl adjacent to an activating group) is 1. The lowest BCUT2D eigenvalue weighted by molar-refractivity contribution is -0.116. The molecule has 1 unspecified atom stereocenters. The third-order valence-electron chi connectivity index (χ3n) is 3.50. The van der Waals surface area contributed by atoms with E-state index in [9.17, 15) is 4.79 Å². The quantitative estimate of drug-likeness (QED) is 0.651. The van der Waals surface area contributed by atoms with Crippen molar-refractivity contribution in [2.75, 3.05) is 33.2 Å². The summed E-state index contributed by atoms with van der Waals surface area (Å²) in [7, 11) is 2.21. The van der Waals surface area contributed by atoms with Crippen LogP contribution >= 0.6 is 0 Å². The minimum absolute atomic E-state index is 0.420. The molecule has 0 bridgehead atoms. The third kappa shape index (κ3) is 2.34. The third-order valence-corrected chi connectivity index (χ3v) is 3.50. The zero-order valence-corrected chi connectivity index (χ0v) is 9.04. The Bertz CT molecular complexity index is 217. The normalized spacial score (nSPS) is 31.2. The first-order chi connectivity index (χ1) is 6.75. The zero-order valence-electron chi connectivity index (χ0n) is 9.04. The largest absolute Gasteiger partial charge is 0.302 e. The maximum atomic E-state index is 11.1. The van der Waals surface area contributed by atoms with Crippen LogP contribution in [0, 0.1) is 0 Å². The van der Waals surface area contributed by atoms with E-state index in [0.29, 0.717) is 18.4 Å². The number of piperidine rings is 1. The second kappa shape index (κ2) is 4.41. The fraction of sp³-hybridized carbons (Fsp3) is 0.909. The summed E-state index contributed by atoms with van der Waals surface area (Å²) < 4.78 is 0. The smallest absolute Gasteiger partial charge is 0.148 e. The Morgan fingerprint density at radius 3 is 2.86 bits per heavy atom. The number of nitrogens with zero attached hydrogens (tertiary/aromatic N) is 2. The van der Waals surface area contributed by atoms with E-state index in [1.807, 2.05) is 0 Å². The minimum Gasteiger partial charge on any atom is -0.302 e. The van der Waals surface area contributed by atoms with Crippen molar-refractivity contribution >= 4 is 5.78 Å². The van der Waals surface area contributed by atoms with Crippen molar-refractivity contribution < 1.29 is 4.79 Å². The Labute approximate surface area is 86.1 Å². The molecule has 3 nitrogen and oxygen atoms in total. The lowest BCUT2D eigenvalue weighted by Gasteiger charge is -2.34. The first-order valence-corrected chi connectivity index (χ1v) is 5.70. The molecule has 1 atom stereocenters. The number of rotatable bonds is 2. The number of ketones is 1. The van der Waals surface area contributed by atoms with Gasteiger partial charge in [0.1, 0.15) is 5.78 Å². The van der Waals surface area contributed by atoms with Crippen molar-refractivity contribution in [1.82, 2.24) is 9.80 Å². The van der Waals surface area contributed by atoms with Gasteiger partial charge in [-0.3, -0.25) is 9.69 Å². The number of carbonyl (C=O) groups excluding carboxylic acids is 1. The fourth-order valence-corrected chi connectivity index (χ4v) is 2.52. The van der Waals surface area contributed by atoms with Crippen LogP contribution in [0.2, 0.25) is 0 Å². The molecule has 2 heterocycles. The molecule has 0 aliphatic carbocycles. The van der Waals surface area contributed by atoms with E-state index >= 15 is 0 Å². The standard InChI is InChI=1S/C11H20N2O/c1-12-6-3-2-4-10(12)8-13-7-5-11(14)9-13/h10H,2-9H2,1H3. The van der Waals surface area contributed by atoms with Gasteiger partial charge in [0.2, 0.25) is 0 Å². The predicted octanol–water partition coefficient (Wildman–Crippen LogP) is 0.746. The highest BCUT2D eigenvalue weighted by Crippen LogP contribution is 2.17. The van der Waals surface area contributed by atoms with Crippen molar-refractivity contribution in [3.8, 4) is 0 Å².